The van der Waals surface area contributed by atoms with E-state index in [9.17, 15) is 14.4 Å². The standard InChI is InChI=1S/C8H7NO3.C7H7NO/c9-7(10)5-3-1-2-4-6(5)8(11)12;8-7(9)6-4-2-1-3-5-6/h1-4H,(H2,9,10)(H,11,12);1-5H,(H2,8,9). The molecule has 0 aliphatic heterocycles. The summed E-state index contributed by atoms with van der Waals surface area (Å²) in [6, 6.07) is 14.6. The predicted molar refractivity (Wildman–Crippen MR) is 76.9 cm³/mol. The van der Waals surface area contributed by atoms with Crippen LogP contribution >= 0.6 is 0 Å². The molecule has 0 heterocycles. The molecule has 0 aliphatic rings. The van der Waals surface area contributed by atoms with Crippen LogP contribution in [0.4, 0.5) is 0 Å². The number of hydrogen-bond donors (Lipinski definition) is 3. The average Bonchev–Trinajstić information content (AvgIpc) is 2.48. The van der Waals surface area contributed by atoms with Gasteiger partial charge in [-0.15, -0.1) is 0 Å². The van der Waals surface area contributed by atoms with E-state index in [4.69, 9.17) is 16.6 Å². The summed E-state index contributed by atoms with van der Waals surface area (Å²) in [5.41, 5.74) is 10.4. The summed E-state index contributed by atoms with van der Waals surface area (Å²) < 4.78 is 0. The number of carboxylic acids is 1. The zero-order valence-electron chi connectivity index (χ0n) is 11.0. The molecule has 108 valence electrons. The Morgan fingerprint density at radius 1 is 0.714 bits per heavy atom. The zero-order valence-corrected chi connectivity index (χ0v) is 11.0. The van der Waals surface area contributed by atoms with E-state index in [2.05, 4.69) is 0 Å². The molecule has 2 aromatic rings. The van der Waals surface area contributed by atoms with Gasteiger partial charge in [-0.2, -0.15) is 0 Å². The Labute approximate surface area is 121 Å². The molecule has 6 nitrogen and oxygen atoms in total. The molecular weight excluding hydrogens is 272 g/mol. The summed E-state index contributed by atoms with van der Waals surface area (Å²) in [5, 5.41) is 8.61. The molecule has 0 saturated heterocycles. The Kier molecular flexibility index (Phi) is 5.64. The third kappa shape index (κ3) is 4.79. The van der Waals surface area contributed by atoms with Crippen molar-refractivity contribution in [2.24, 2.45) is 11.5 Å². The third-order valence-corrected chi connectivity index (χ3v) is 2.48. The van der Waals surface area contributed by atoms with Gasteiger partial charge in [-0.05, 0) is 24.3 Å². The Morgan fingerprint density at radius 3 is 1.52 bits per heavy atom. The predicted octanol–water partition coefficient (Wildman–Crippen LogP) is 1.27. The average molecular weight is 286 g/mol. The molecule has 5 N–H and O–H groups in total. The van der Waals surface area contributed by atoms with Crippen molar-refractivity contribution in [2.75, 3.05) is 0 Å². The smallest absolute Gasteiger partial charge is 0.336 e. The number of carbonyl (C=O) groups excluding carboxylic acids is 2. The van der Waals surface area contributed by atoms with E-state index in [1.54, 1.807) is 30.3 Å². The minimum Gasteiger partial charge on any atom is -0.478 e. The number of hydrogen-bond acceptors (Lipinski definition) is 3. The second-order valence-electron chi connectivity index (χ2n) is 3.95. The van der Waals surface area contributed by atoms with Gasteiger partial charge in [0.2, 0.25) is 11.8 Å². The first-order chi connectivity index (χ1) is 9.93. The van der Waals surface area contributed by atoms with Gasteiger partial charge in [-0.25, -0.2) is 4.79 Å². The minimum atomic E-state index is -1.15. The van der Waals surface area contributed by atoms with Gasteiger partial charge in [0.1, 0.15) is 0 Å². The van der Waals surface area contributed by atoms with Crippen molar-refractivity contribution >= 4 is 17.8 Å². The highest BCUT2D eigenvalue weighted by Crippen LogP contribution is 2.07. The number of primary amides is 2. The van der Waals surface area contributed by atoms with Crippen LogP contribution < -0.4 is 11.5 Å². The molecule has 0 aromatic heterocycles. The van der Waals surface area contributed by atoms with Gasteiger partial charge < -0.3 is 16.6 Å². The van der Waals surface area contributed by atoms with Gasteiger partial charge >= 0.3 is 5.97 Å². The van der Waals surface area contributed by atoms with Crippen LogP contribution in [-0.4, -0.2) is 22.9 Å². The number of rotatable bonds is 3. The fourth-order valence-electron chi connectivity index (χ4n) is 1.49. The van der Waals surface area contributed by atoms with Crippen molar-refractivity contribution in [3.8, 4) is 0 Å². The van der Waals surface area contributed by atoms with Crippen molar-refractivity contribution in [1.82, 2.24) is 0 Å². The highest BCUT2D eigenvalue weighted by molar-refractivity contribution is 6.04. The van der Waals surface area contributed by atoms with Crippen LogP contribution in [0.5, 0.6) is 0 Å². The monoisotopic (exact) mass is 286 g/mol. The van der Waals surface area contributed by atoms with E-state index in [-0.39, 0.29) is 17.0 Å². The minimum absolute atomic E-state index is 0.0324. The zero-order chi connectivity index (χ0) is 15.8. The molecular formula is C15H14N2O4. The number of carbonyl (C=O) groups is 3. The Bertz CT molecular complexity index is 621. The molecule has 2 rings (SSSR count). The Balaban J connectivity index is 0.000000219. The van der Waals surface area contributed by atoms with Crippen LogP contribution in [0.25, 0.3) is 0 Å². The second kappa shape index (κ2) is 7.44. The Hall–Kier alpha value is -3.15. The van der Waals surface area contributed by atoms with Crippen LogP contribution in [0.2, 0.25) is 0 Å². The van der Waals surface area contributed by atoms with Crippen molar-refractivity contribution in [3.63, 3.8) is 0 Å². The van der Waals surface area contributed by atoms with Crippen LogP contribution in [0.15, 0.2) is 54.6 Å². The van der Waals surface area contributed by atoms with Gasteiger partial charge in [-0.3, -0.25) is 9.59 Å². The first-order valence-corrected chi connectivity index (χ1v) is 5.90. The van der Waals surface area contributed by atoms with Crippen molar-refractivity contribution in [1.29, 1.82) is 0 Å². The summed E-state index contributed by atoms with van der Waals surface area (Å²) in [5.74, 6) is -2.26. The number of benzene rings is 2. The molecule has 0 fully saturated rings. The van der Waals surface area contributed by atoms with Gasteiger partial charge in [0.15, 0.2) is 0 Å². The lowest BCUT2D eigenvalue weighted by Crippen LogP contribution is -2.15. The molecule has 6 heteroatoms. The number of carboxylic acid groups (broad SMARTS) is 1. The first-order valence-electron chi connectivity index (χ1n) is 5.90. The SMILES string of the molecule is NC(=O)c1ccccc1.NC(=O)c1ccccc1C(=O)O. The van der Waals surface area contributed by atoms with Crippen molar-refractivity contribution < 1.29 is 19.5 Å². The molecule has 0 aliphatic carbocycles. The second-order valence-corrected chi connectivity index (χ2v) is 3.95. The number of aromatic carboxylic acids is 1. The molecule has 0 bridgehead atoms. The highest BCUT2D eigenvalue weighted by atomic mass is 16.4. The molecule has 0 spiro atoms. The van der Waals surface area contributed by atoms with Crippen LogP contribution in [0, 0.1) is 0 Å². The fourth-order valence-corrected chi connectivity index (χ4v) is 1.49. The van der Waals surface area contributed by atoms with Gasteiger partial charge in [-0.1, -0.05) is 30.3 Å². The van der Waals surface area contributed by atoms with Crippen molar-refractivity contribution in [3.05, 3.63) is 71.3 Å². The molecule has 21 heavy (non-hydrogen) atoms. The topological polar surface area (TPSA) is 123 Å². The van der Waals surface area contributed by atoms with Gasteiger partial charge in [0.25, 0.3) is 0 Å². The molecule has 0 atom stereocenters. The molecule has 2 amide bonds. The largest absolute Gasteiger partial charge is 0.478 e. The number of nitrogens with two attached hydrogens (primary N) is 2. The molecule has 0 unspecified atom stereocenters. The molecule has 2 aromatic carbocycles. The van der Waals surface area contributed by atoms with Gasteiger partial charge in [0.05, 0.1) is 11.1 Å². The maximum Gasteiger partial charge on any atom is 0.336 e. The lowest BCUT2D eigenvalue weighted by molar-refractivity contribution is 0.0692. The van der Waals surface area contributed by atoms with E-state index in [1.807, 2.05) is 6.07 Å². The summed E-state index contributed by atoms with van der Waals surface area (Å²) >= 11 is 0. The van der Waals surface area contributed by atoms with E-state index < -0.39 is 11.9 Å². The van der Waals surface area contributed by atoms with E-state index >= 15 is 0 Å². The summed E-state index contributed by atoms with van der Waals surface area (Å²) in [6.45, 7) is 0. The first kappa shape index (κ1) is 15.9. The Morgan fingerprint density at radius 2 is 1.19 bits per heavy atom. The third-order valence-electron chi connectivity index (χ3n) is 2.48. The molecule has 0 saturated carbocycles. The van der Waals surface area contributed by atoms with Crippen LogP contribution in [0.1, 0.15) is 31.1 Å². The van der Waals surface area contributed by atoms with Crippen LogP contribution in [-0.2, 0) is 0 Å². The van der Waals surface area contributed by atoms with E-state index in [0.717, 1.165) is 0 Å². The van der Waals surface area contributed by atoms with E-state index in [1.165, 1.54) is 18.2 Å². The van der Waals surface area contributed by atoms with E-state index in [0.29, 0.717) is 5.56 Å². The lowest BCUT2D eigenvalue weighted by Gasteiger charge is -1.99. The van der Waals surface area contributed by atoms with Crippen LogP contribution in [0.3, 0.4) is 0 Å². The van der Waals surface area contributed by atoms with Crippen molar-refractivity contribution in [2.45, 2.75) is 0 Å². The molecule has 0 radical (unpaired) electrons. The quantitative estimate of drug-likeness (QED) is 0.785. The summed E-state index contributed by atoms with van der Waals surface area (Å²) in [6.07, 6.45) is 0. The maximum atomic E-state index is 10.7. The lowest BCUT2D eigenvalue weighted by atomic mass is 10.1. The van der Waals surface area contributed by atoms with Gasteiger partial charge in [0, 0.05) is 5.56 Å². The number of amides is 2. The fraction of sp³-hybridized carbons (Fsp3) is 0. The highest BCUT2D eigenvalue weighted by Gasteiger charge is 2.11. The normalized spacial score (nSPS) is 9.14. The summed E-state index contributed by atoms with van der Waals surface area (Å²) in [4.78, 5) is 31.6. The summed E-state index contributed by atoms with van der Waals surface area (Å²) in [7, 11) is 0. The maximum absolute atomic E-state index is 10.7.